The topological polar surface area (TPSA) is 29.5 Å². The van der Waals surface area contributed by atoms with Crippen LogP contribution in [0.3, 0.4) is 0 Å². The lowest BCUT2D eigenvalue weighted by Crippen LogP contribution is -2.09. The van der Waals surface area contributed by atoms with Crippen molar-refractivity contribution in [3.63, 3.8) is 0 Å². The van der Waals surface area contributed by atoms with Crippen LogP contribution in [0.1, 0.15) is 0 Å². The molecule has 3 heteroatoms. The molecule has 0 fully saturated rings. The maximum atomic E-state index is 6.34. The van der Waals surface area contributed by atoms with Crippen LogP contribution in [0.2, 0.25) is 0 Å². The van der Waals surface area contributed by atoms with E-state index in [0.717, 1.165) is 72.1 Å². The van der Waals surface area contributed by atoms with Crippen molar-refractivity contribution in [3.8, 4) is 33.4 Å². The molecule has 0 aliphatic rings. The average molecular weight is 654 g/mol. The highest BCUT2D eigenvalue weighted by Gasteiger charge is 2.18. The summed E-state index contributed by atoms with van der Waals surface area (Å²) in [5, 5.41) is 4.38. The second-order valence-corrected chi connectivity index (χ2v) is 12.9. The Morgan fingerprint density at radius 2 is 0.745 bits per heavy atom. The van der Waals surface area contributed by atoms with Gasteiger partial charge in [0.05, 0.1) is 0 Å². The fraction of sp³-hybridized carbons (Fsp3) is 0. The van der Waals surface area contributed by atoms with Crippen molar-refractivity contribution in [2.75, 3.05) is 4.90 Å². The van der Waals surface area contributed by atoms with Gasteiger partial charge in [0.25, 0.3) is 0 Å². The summed E-state index contributed by atoms with van der Waals surface area (Å²) >= 11 is 0. The predicted molar refractivity (Wildman–Crippen MR) is 212 cm³/mol. The fourth-order valence-electron chi connectivity index (χ4n) is 7.48. The molecule has 3 nitrogen and oxygen atoms in total. The molecular formula is C48H31NO2. The minimum absolute atomic E-state index is 0.865. The second-order valence-electron chi connectivity index (χ2n) is 12.9. The maximum absolute atomic E-state index is 6.34. The SMILES string of the molecule is c1ccc(-c2ccccc2-c2ccc(N(c3ccccc3)c3ccc(-c4ccc5oc6ccc7oc8ccccc8c7c6c5c4)cc3)cc2)cc1. The number of hydrogen-bond donors (Lipinski definition) is 0. The first-order chi connectivity index (χ1) is 25.3. The summed E-state index contributed by atoms with van der Waals surface area (Å²) < 4.78 is 12.5. The molecule has 10 aromatic rings. The lowest BCUT2D eigenvalue weighted by molar-refractivity contribution is 0.663. The van der Waals surface area contributed by atoms with Crippen LogP contribution >= 0.6 is 0 Å². The average Bonchev–Trinajstić information content (AvgIpc) is 3.77. The van der Waals surface area contributed by atoms with Crippen molar-refractivity contribution in [1.29, 1.82) is 0 Å². The maximum Gasteiger partial charge on any atom is 0.136 e. The number of rotatable bonds is 6. The molecule has 10 rings (SSSR count). The van der Waals surface area contributed by atoms with Gasteiger partial charge in [0.15, 0.2) is 0 Å². The summed E-state index contributed by atoms with van der Waals surface area (Å²) in [6, 6.07) is 66.2. The molecule has 0 N–H and O–H groups in total. The molecule has 0 saturated carbocycles. The number of para-hydroxylation sites is 2. The van der Waals surface area contributed by atoms with Gasteiger partial charge in [-0.3, -0.25) is 0 Å². The molecule has 2 heterocycles. The highest BCUT2D eigenvalue weighted by Crippen LogP contribution is 2.42. The van der Waals surface area contributed by atoms with Crippen molar-refractivity contribution in [1.82, 2.24) is 0 Å². The van der Waals surface area contributed by atoms with Crippen LogP contribution in [0.25, 0.3) is 77.3 Å². The number of fused-ring (bicyclic) bond motifs is 7. The fourth-order valence-corrected chi connectivity index (χ4v) is 7.48. The van der Waals surface area contributed by atoms with Crippen molar-refractivity contribution in [2.45, 2.75) is 0 Å². The Labute approximate surface area is 295 Å². The first-order valence-electron chi connectivity index (χ1n) is 17.3. The van der Waals surface area contributed by atoms with Crippen LogP contribution in [0, 0.1) is 0 Å². The number of hydrogen-bond acceptors (Lipinski definition) is 3. The van der Waals surface area contributed by atoms with Crippen molar-refractivity contribution in [2.24, 2.45) is 0 Å². The molecule has 0 saturated heterocycles. The summed E-state index contributed by atoms with van der Waals surface area (Å²) in [5.41, 5.74) is 13.9. The molecule has 0 radical (unpaired) electrons. The minimum Gasteiger partial charge on any atom is -0.456 e. The number of anilines is 3. The molecule has 0 amide bonds. The molecule has 51 heavy (non-hydrogen) atoms. The van der Waals surface area contributed by atoms with Crippen LogP contribution in [-0.4, -0.2) is 0 Å². The Kier molecular flexibility index (Phi) is 6.81. The summed E-state index contributed by atoms with van der Waals surface area (Å²) in [5.74, 6) is 0. The summed E-state index contributed by atoms with van der Waals surface area (Å²) in [7, 11) is 0. The highest BCUT2D eigenvalue weighted by atomic mass is 16.3. The van der Waals surface area contributed by atoms with Crippen LogP contribution in [0.15, 0.2) is 197 Å². The van der Waals surface area contributed by atoms with Gasteiger partial charge in [-0.15, -0.1) is 0 Å². The zero-order chi connectivity index (χ0) is 33.7. The van der Waals surface area contributed by atoms with E-state index in [9.17, 15) is 0 Å². The molecule has 0 bridgehead atoms. The van der Waals surface area contributed by atoms with E-state index in [4.69, 9.17) is 8.83 Å². The van der Waals surface area contributed by atoms with E-state index in [1.807, 2.05) is 24.3 Å². The van der Waals surface area contributed by atoms with Crippen molar-refractivity contribution < 1.29 is 8.83 Å². The molecule has 0 atom stereocenters. The van der Waals surface area contributed by atoms with Crippen LogP contribution in [0.5, 0.6) is 0 Å². The Hall–Kier alpha value is -6.84. The molecular weight excluding hydrogens is 623 g/mol. The monoisotopic (exact) mass is 653 g/mol. The summed E-state index contributed by atoms with van der Waals surface area (Å²) in [6.45, 7) is 0. The predicted octanol–water partition coefficient (Wildman–Crippen LogP) is 14.0. The largest absolute Gasteiger partial charge is 0.456 e. The van der Waals surface area contributed by atoms with Gasteiger partial charge in [0, 0.05) is 38.6 Å². The van der Waals surface area contributed by atoms with Gasteiger partial charge in [-0.05, 0) is 100 Å². The number of benzene rings is 8. The van der Waals surface area contributed by atoms with Crippen LogP contribution < -0.4 is 4.90 Å². The zero-order valence-electron chi connectivity index (χ0n) is 27.7. The number of furan rings is 2. The van der Waals surface area contributed by atoms with Gasteiger partial charge < -0.3 is 13.7 Å². The minimum atomic E-state index is 0.865. The zero-order valence-corrected chi connectivity index (χ0v) is 27.7. The molecule has 0 spiro atoms. The molecule has 0 aliphatic carbocycles. The quantitative estimate of drug-likeness (QED) is 0.179. The van der Waals surface area contributed by atoms with E-state index in [0.29, 0.717) is 0 Å². The van der Waals surface area contributed by atoms with Crippen LogP contribution in [0.4, 0.5) is 17.1 Å². The Bertz CT molecular complexity index is 2830. The Morgan fingerprint density at radius 1 is 0.294 bits per heavy atom. The lowest BCUT2D eigenvalue weighted by atomic mass is 9.94. The van der Waals surface area contributed by atoms with E-state index >= 15 is 0 Å². The van der Waals surface area contributed by atoms with Gasteiger partial charge in [-0.25, -0.2) is 0 Å². The van der Waals surface area contributed by atoms with E-state index in [-0.39, 0.29) is 0 Å². The number of nitrogens with zero attached hydrogens (tertiary/aromatic N) is 1. The van der Waals surface area contributed by atoms with Gasteiger partial charge >= 0.3 is 0 Å². The third kappa shape index (κ3) is 4.98. The lowest BCUT2D eigenvalue weighted by Gasteiger charge is -2.26. The van der Waals surface area contributed by atoms with Crippen molar-refractivity contribution in [3.05, 3.63) is 188 Å². The highest BCUT2D eigenvalue weighted by molar-refractivity contribution is 6.26. The van der Waals surface area contributed by atoms with Gasteiger partial charge in [-0.2, -0.15) is 0 Å². The van der Waals surface area contributed by atoms with Gasteiger partial charge in [0.1, 0.15) is 22.3 Å². The first-order valence-corrected chi connectivity index (χ1v) is 17.3. The van der Waals surface area contributed by atoms with E-state index < -0.39 is 0 Å². The summed E-state index contributed by atoms with van der Waals surface area (Å²) in [6.07, 6.45) is 0. The smallest absolute Gasteiger partial charge is 0.136 e. The first kappa shape index (κ1) is 29.1. The van der Waals surface area contributed by atoms with E-state index in [2.05, 4.69) is 169 Å². The van der Waals surface area contributed by atoms with Crippen LogP contribution in [-0.2, 0) is 0 Å². The van der Waals surface area contributed by atoms with Gasteiger partial charge in [0.2, 0.25) is 0 Å². The standard InChI is InChI=1S/C48H31NO2/c1-3-11-33(12-4-1)39-15-7-8-16-40(39)34-21-26-38(27-22-34)49(36-13-5-2-6-14-36)37-24-19-32(20-25-37)35-23-28-44-42(31-35)48-46(51-44)30-29-45-47(48)41-17-9-10-18-43(41)50-45/h1-31H. The molecule has 240 valence electrons. The van der Waals surface area contributed by atoms with E-state index in [1.54, 1.807) is 0 Å². The van der Waals surface area contributed by atoms with Crippen molar-refractivity contribution >= 4 is 60.9 Å². The summed E-state index contributed by atoms with van der Waals surface area (Å²) in [4.78, 5) is 2.31. The second kappa shape index (κ2) is 11.9. The van der Waals surface area contributed by atoms with Gasteiger partial charge in [-0.1, -0.05) is 121 Å². The van der Waals surface area contributed by atoms with E-state index in [1.165, 1.54) is 22.3 Å². The molecule has 8 aromatic carbocycles. The molecule has 2 aromatic heterocycles. The Morgan fingerprint density at radius 3 is 1.41 bits per heavy atom. The normalized spacial score (nSPS) is 11.5. The Balaban J connectivity index is 1.03. The molecule has 0 unspecified atom stereocenters. The third-order valence-electron chi connectivity index (χ3n) is 9.90. The molecule has 0 aliphatic heterocycles. The third-order valence-corrected chi connectivity index (χ3v) is 9.90.